The molecule has 0 heterocycles. The molecule has 0 aliphatic heterocycles. The highest BCUT2D eigenvalue weighted by Gasteiger charge is 2.51. The minimum atomic E-state index is 0.512. The summed E-state index contributed by atoms with van der Waals surface area (Å²) in [6, 6.07) is 0. The molecule has 1 saturated carbocycles. The van der Waals surface area contributed by atoms with Gasteiger partial charge in [0.2, 0.25) is 0 Å². The molecule has 1 fully saturated rings. The zero-order valence-corrected chi connectivity index (χ0v) is 10.3. The smallest absolute Gasteiger partial charge is 0.0226 e. The molecular formula is C13H26. The lowest BCUT2D eigenvalue weighted by Gasteiger charge is -2.58. The summed E-state index contributed by atoms with van der Waals surface area (Å²) < 4.78 is 0. The summed E-state index contributed by atoms with van der Waals surface area (Å²) >= 11 is 0. The number of rotatable bonds is 1. The van der Waals surface area contributed by atoms with E-state index in [0.29, 0.717) is 16.2 Å². The van der Waals surface area contributed by atoms with Crippen LogP contribution in [0.4, 0.5) is 0 Å². The maximum Gasteiger partial charge on any atom is -0.0226 e. The Morgan fingerprint density at radius 3 is 1.46 bits per heavy atom. The monoisotopic (exact) mass is 182 g/mol. The Labute approximate surface area is 84.1 Å². The maximum atomic E-state index is 2.49. The summed E-state index contributed by atoms with van der Waals surface area (Å²) in [5.41, 5.74) is 1.55. The Bertz CT molecular complexity index is 170. The van der Waals surface area contributed by atoms with Crippen LogP contribution < -0.4 is 0 Å². The molecule has 0 bridgehead atoms. The third-order valence-corrected chi connectivity index (χ3v) is 5.30. The van der Waals surface area contributed by atoms with Crippen molar-refractivity contribution in [3.05, 3.63) is 0 Å². The van der Waals surface area contributed by atoms with Crippen molar-refractivity contribution < 1.29 is 0 Å². The summed E-state index contributed by atoms with van der Waals surface area (Å²) in [6.07, 6.45) is 5.53. The fourth-order valence-corrected chi connectivity index (χ4v) is 3.40. The van der Waals surface area contributed by atoms with Crippen LogP contribution in [-0.2, 0) is 0 Å². The van der Waals surface area contributed by atoms with Gasteiger partial charge in [-0.25, -0.2) is 0 Å². The van der Waals surface area contributed by atoms with Crippen molar-refractivity contribution in [2.75, 3.05) is 0 Å². The Balaban J connectivity index is 3.05. The first-order chi connectivity index (χ1) is 5.77. The van der Waals surface area contributed by atoms with Crippen LogP contribution >= 0.6 is 0 Å². The second kappa shape index (κ2) is 3.00. The average molecular weight is 182 g/mol. The van der Waals surface area contributed by atoms with Crippen LogP contribution in [0.5, 0.6) is 0 Å². The highest BCUT2D eigenvalue weighted by molar-refractivity contribution is 5.01. The van der Waals surface area contributed by atoms with Gasteiger partial charge in [-0.05, 0) is 35.5 Å². The van der Waals surface area contributed by atoms with Crippen LogP contribution in [0, 0.1) is 16.2 Å². The normalized spacial score (nSPS) is 30.0. The van der Waals surface area contributed by atoms with Gasteiger partial charge in [0, 0.05) is 0 Å². The van der Waals surface area contributed by atoms with Crippen molar-refractivity contribution in [1.82, 2.24) is 0 Å². The predicted octanol–water partition coefficient (Wildman–Crippen LogP) is 4.64. The molecule has 0 nitrogen and oxygen atoms in total. The van der Waals surface area contributed by atoms with E-state index in [0.717, 1.165) is 0 Å². The topological polar surface area (TPSA) is 0 Å². The van der Waals surface area contributed by atoms with E-state index in [2.05, 4.69) is 41.5 Å². The lowest BCUT2D eigenvalue weighted by molar-refractivity contribution is -0.0827. The lowest BCUT2D eigenvalue weighted by atomic mass is 9.47. The molecule has 0 spiro atoms. The van der Waals surface area contributed by atoms with E-state index in [1.807, 2.05) is 0 Å². The Morgan fingerprint density at radius 2 is 1.23 bits per heavy atom. The Morgan fingerprint density at radius 1 is 0.846 bits per heavy atom. The van der Waals surface area contributed by atoms with Crippen LogP contribution in [0.2, 0.25) is 0 Å². The van der Waals surface area contributed by atoms with Crippen LogP contribution in [0.25, 0.3) is 0 Å². The van der Waals surface area contributed by atoms with E-state index in [1.165, 1.54) is 25.7 Å². The molecule has 1 rings (SSSR count). The molecule has 0 aromatic carbocycles. The minimum absolute atomic E-state index is 0.512. The zero-order valence-electron chi connectivity index (χ0n) is 10.3. The lowest BCUT2D eigenvalue weighted by Crippen LogP contribution is -2.49. The summed E-state index contributed by atoms with van der Waals surface area (Å²) in [5, 5.41) is 0. The molecule has 0 unspecified atom stereocenters. The van der Waals surface area contributed by atoms with E-state index >= 15 is 0 Å². The average Bonchev–Trinajstić information content (AvgIpc) is 1.99. The van der Waals surface area contributed by atoms with Crippen LogP contribution in [-0.4, -0.2) is 0 Å². The molecule has 0 N–H and O–H groups in total. The largest absolute Gasteiger partial charge is 0.0648 e. The van der Waals surface area contributed by atoms with Crippen LogP contribution in [0.1, 0.15) is 67.2 Å². The van der Waals surface area contributed by atoms with Crippen molar-refractivity contribution >= 4 is 0 Å². The standard InChI is InChI=1S/C13H26/c1-7-13(6)11(2,3)9-8-10-12(13,4)5/h7-10H2,1-6H3. The van der Waals surface area contributed by atoms with Gasteiger partial charge in [-0.1, -0.05) is 48.0 Å². The van der Waals surface area contributed by atoms with Gasteiger partial charge in [0.15, 0.2) is 0 Å². The second-order valence-electron chi connectivity index (χ2n) is 6.31. The fraction of sp³-hybridized carbons (Fsp3) is 1.00. The van der Waals surface area contributed by atoms with Crippen molar-refractivity contribution in [3.63, 3.8) is 0 Å². The minimum Gasteiger partial charge on any atom is -0.0648 e. The molecule has 0 saturated heterocycles. The Hall–Kier alpha value is 0. The molecular weight excluding hydrogens is 156 g/mol. The van der Waals surface area contributed by atoms with Crippen molar-refractivity contribution in [2.24, 2.45) is 16.2 Å². The summed E-state index contributed by atoms with van der Waals surface area (Å²) in [4.78, 5) is 0. The van der Waals surface area contributed by atoms with Crippen LogP contribution in [0.3, 0.4) is 0 Å². The molecule has 1 aliphatic rings. The van der Waals surface area contributed by atoms with Crippen molar-refractivity contribution in [1.29, 1.82) is 0 Å². The van der Waals surface area contributed by atoms with Crippen molar-refractivity contribution in [3.8, 4) is 0 Å². The van der Waals surface area contributed by atoms with Gasteiger partial charge >= 0.3 is 0 Å². The maximum absolute atomic E-state index is 2.49. The first-order valence-corrected chi connectivity index (χ1v) is 5.77. The summed E-state index contributed by atoms with van der Waals surface area (Å²) in [7, 11) is 0. The molecule has 1 aliphatic carbocycles. The fourth-order valence-electron chi connectivity index (χ4n) is 3.40. The third kappa shape index (κ3) is 1.43. The van der Waals surface area contributed by atoms with Gasteiger partial charge in [-0.3, -0.25) is 0 Å². The molecule has 0 aromatic heterocycles. The third-order valence-electron chi connectivity index (χ3n) is 5.30. The van der Waals surface area contributed by atoms with Gasteiger partial charge in [0.05, 0.1) is 0 Å². The highest BCUT2D eigenvalue weighted by atomic mass is 14.6. The quantitative estimate of drug-likeness (QED) is 0.554. The molecule has 0 heteroatoms. The molecule has 0 amide bonds. The zero-order chi connectivity index (χ0) is 10.3. The SMILES string of the molecule is CCC1(C)C(C)(C)CCCC1(C)C. The van der Waals surface area contributed by atoms with Gasteiger partial charge in [-0.15, -0.1) is 0 Å². The Kier molecular flexibility index (Phi) is 2.56. The van der Waals surface area contributed by atoms with Crippen molar-refractivity contribution in [2.45, 2.75) is 67.2 Å². The molecule has 0 radical (unpaired) electrons. The second-order valence-corrected chi connectivity index (χ2v) is 6.31. The molecule has 78 valence electrons. The van der Waals surface area contributed by atoms with E-state index < -0.39 is 0 Å². The first kappa shape index (κ1) is 11.1. The number of hydrogen-bond acceptors (Lipinski definition) is 0. The van der Waals surface area contributed by atoms with E-state index in [1.54, 1.807) is 0 Å². The summed E-state index contributed by atoms with van der Waals surface area (Å²) in [6.45, 7) is 14.7. The first-order valence-electron chi connectivity index (χ1n) is 5.77. The molecule has 0 aromatic rings. The van der Waals surface area contributed by atoms with Gasteiger partial charge in [0.25, 0.3) is 0 Å². The predicted molar refractivity (Wildman–Crippen MR) is 59.8 cm³/mol. The van der Waals surface area contributed by atoms with Gasteiger partial charge in [0.1, 0.15) is 0 Å². The molecule has 0 atom stereocenters. The van der Waals surface area contributed by atoms with Crippen LogP contribution in [0.15, 0.2) is 0 Å². The van der Waals surface area contributed by atoms with E-state index in [4.69, 9.17) is 0 Å². The number of hydrogen-bond donors (Lipinski definition) is 0. The summed E-state index contributed by atoms with van der Waals surface area (Å²) in [5.74, 6) is 0. The van der Waals surface area contributed by atoms with E-state index in [-0.39, 0.29) is 0 Å². The van der Waals surface area contributed by atoms with Gasteiger partial charge < -0.3 is 0 Å². The molecule has 13 heavy (non-hydrogen) atoms. The van der Waals surface area contributed by atoms with E-state index in [9.17, 15) is 0 Å². The highest BCUT2D eigenvalue weighted by Crippen LogP contribution is 2.61. The van der Waals surface area contributed by atoms with Gasteiger partial charge in [-0.2, -0.15) is 0 Å².